The van der Waals surface area contributed by atoms with Gasteiger partial charge in [-0.1, -0.05) is 20.8 Å². The number of carbonyl (C=O) groups excluding carboxylic acids is 2. The molecule has 4 rings (SSSR count). The molecule has 2 bridgehead atoms. The number of hydrogen-bond donors (Lipinski definition) is 2. The molecule has 2 N–H and O–H groups in total. The predicted octanol–water partition coefficient (Wildman–Crippen LogP) is 4.46. The van der Waals surface area contributed by atoms with E-state index in [1.165, 1.54) is 12.7 Å². The van der Waals surface area contributed by atoms with Gasteiger partial charge in [-0.15, -0.1) is 0 Å². The van der Waals surface area contributed by atoms with Gasteiger partial charge in [0.05, 0.1) is 6.26 Å². The number of anilines is 1. The van der Waals surface area contributed by atoms with Crippen LogP contribution in [0.3, 0.4) is 0 Å². The second kappa shape index (κ2) is 6.62. The maximum absolute atomic E-state index is 12.5. The number of fused-ring (bicyclic) bond motifs is 2. The Labute approximate surface area is 164 Å². The smallest absolute Gasteiger partial charge is 0.291 e. The van der Waals surface area contributed by atoms with Gasteiger partial charge in [-0.25, -0.2) is 5.43 Å². The quantitative estimate of drug-likeness (QED) is 0.769. The van der Waals surface area contributed by atoms with Crippen molar-refractivity contribution in [3.05, 3.63) is 54.0 Å². The molecule has 2 fully saturated rings. The molecular weight excluding hydrogens is 354 g/mol. The Balaban J connectivity index is 1.40. The van der Waals surface area contributed by atoms with Crippen molar-refractivity contribution in [1.29, 1.82) is 0 Å². The first-order chi connectivity index (χ1) is 13.3. The molecule has 1 aromatic heterocycles. The minimum atomic E-state index is -0.333. The third-order valence-corrected chi connectivity index (χ3v) is 6.95. The standard InChI is InChI=1S/C22H25N3O3/c1-21(2)15-10-11-22(21,3)18(13-15)24-25-19(26)14-6-8-16(9-7-14)23-20(27)17-5-4-12-28-17/h4-9,12,15H,10-11,13H2,1-3H3,(H,23,27)(H,25,26)/b24-18+/t15-,22+/m1/s1. The van der Waals surface area contributed by atoms with Crippen LogP contribution < -0.4 is 10.7 Å². The molecule has 0 spiro atoms. The van der Waals surface area contributed by atoms with Gasteiger partial charge < -0.3 is 9.73 Å². The minimum Gasteiger partial charge on any atom is -0.459 e. The molecule has 1 aromatic carbocycles. The second-order valence-electron chi connectivity index (χ2n) is 8.50. The summed E-state index contributed by atoms with van der Waals surface area (Å²) in [6, 6.07) is 9.95. The first kappa shape index (κ1) is 18.5. The van der Waals surface area contributed by atoms with Crippen LogP contribution in [0.5, 0.6) is 0 Å². The third-order valence-electron chi connectivity index (χ3n) is 6.95. The van der Waals surface area contributed by atoms with E-state index >= 15 is 0 Å². The highest BCUT2D eigenvalue weighted by atomic mass is 16.3. The number of hydrogen-bond acceptors (Lipinski definition) is 4. The Morgan fingerprint density at radius 1 is 1.11 bits per heavy atom. The Kier molecular flexibility index (Phi) is 4.37. The summed E-state index contributed by atoms with van der Waals surface area (Å²) in [4.78, 5) is 24.5. The van der Waals surface area contributed by atoms with E-state index in [1.807, 2.05) is 0 Å². The van der Waals surface area contributed by atoms with E-state index in [4.69, 9.17) is 4.42 Å². The van der Waals surface area contributed by atoms with E-state index in [-0.39, 0.29) is 28.4 Å². The van der Waals surface area contributed by atoms with Crippen LogP contribution in [0, 0.1) is 16.7 Å². The molecule has 2 aliphatic rings. The number of rotatable bonds is 4. The molecule has 28 heavy (non-hydrogen) atoms. The van der Waals surface area contributed by atoms with Gasteiger partial charge in [-0.2, -0.15) is 5.10 Å². The molecule has 0 radical (unpaired) electrons. The Hall–Kier alpha value is -2.89. The fraction of sp³-hybridized carbons (Fsp3) is 0.409. The highest BCUT2D eigenvalue weighted by molar-refractivity contribution is 6.03. The number of amides is 2. The summed E-state index contributed by atoms with van der Waals surface area (Å²) in [7, 11) is 0. The molecule has 6 nitrogen and oxygen atoms in total. The number of benzene rings is 1. The van der Waals surface area contributed by atoms with Crippen LogP contribution >= 0.6 is 0 Å². The Morgan fingerprint density at radius 3 is 2.43 bits per heavy atom. The highest BCUT2D eigenvalue weighted by Gasteiger charge is 2.60. The van der Waals surface area contributed by atoms with Gasteiger partial charge in [0.15, 0.2) is 5.76 Å². The van der Waals surface area contributed by atoms with Crippen LogP contribution in [0.25, 0.3) is 0 Å². The summed E-state index contributed by atoms with van der Waals surface area (Å²) < 4.78 is 5.06. The summed E-state index contributed by atoms with van der Waals surface area (Å²) in [5.74, 6) is 0.298. The van der Waals surface area contributed by atoms with E-state index in [2.05, 4.69) is 36.6 Å². The van der Waals surface area contributed by atoms with Gasteiger partial charge in [0.1, 0.15) is 0 Å². The van der Waals surface area contributed by atoms with Gasteiger partial charge in [0.25, 0.3) is 11.8 Å². The Morgan fingerprint density at radius 2 is 1.86 bits per heavy atom. The lowest BCUT2D eigenvalue weighted by atomic mass is 9.70. The van der Waals surface area contributed by atoms with E-state index in [9.17, 15) is 9.59 Å². The van der Waals surface area contributed by atoms with Crippen molar-refractivity contribution in [2.24, 2.45) is 21.8 Å². The largest absolute Gasteiger partial charge is 0.459 e. The number of furan rings is 1. The highest BCUT2D eigenvalue weighted by Crippen LogP contribution is 2.63. The molecule has 2 atom stereocenters. The zero-order valence-electron chi connectivity index (χ0n) is 16.4. The maximum Gasteiger partial charge on any atom is 0.291 e. The SMILES string of the molecule is CC1(C)[C@@H]2CC[C@@]1(C)/C(=N/NC(=O)c1ccc(NC(=O)c3ccco3)cc1)C2. The van der Waals surface area contributed by atoms with Crippen molar-refractivity contribution in [3.63, 3.8) is 0 Å². The van der Waals surface area contributed by atoms with E-state index in [0.717, 1.165) is 18.6 Å². The normalized spacial score (nSPS) is 26.4. The number of carbonyl (C=O) groups is 2. The van der Waals surface area contributed by atoms with Crippen molar-refractivity contribution >= 4 is 23.2 Å². The maximum atomic E-state index is 12.5. The first-order valence-electron chi connectivity index (χ1n) is 9.63. The third kappa shape index (κ3) is 2.93. The lowest BCUT2D eigenvalue weighted by Gasteiger charge is -2.34. The molecule has 0 unspecified atom stereocenters. The van der Waals surface area contributed by atoms with Crippen LogP contribution in [0.4, 0.5) is 5.69 Å². The lowest BCUT2D eigenvalue weighted by Crippen LogP contribution is -2.34. The summed E-state index contributed by atoms with van der Waals surface area (Å²) in [5.41, 5.74) is 5.19. The molecule has 146 valence electrons. The average molecular weight is 379 g/mol. The zero-order chi connectivity index (χ0) is 19.9. The predicted molar refractivity (Wildman–Crippen MR) is 107 cm³/mol. The molecule has 2 amide bonds. The van der Waals surface area contributed by atoms with Gasteiger partial charge in [-0.3, -0.25) is 9.59 Å². The van der Waals surface area contributed by atoms with Crippen LogP contribution in [0.15, 0.2) is 52.2 Å². The van der Waals surface area contributed by atoms with E-state index in [0.29, 0.717) is 17.2 Å². The molecule has 2 saturated carbocycles. The van der Waals surface area contributed by atoms with E-state index in [1.54, 1.807) is 36.4 Å². The summed E-state index contributed by atoms with van der Waals surface area (Å²) in [6.45, 7) is 6.89. The van der Waals surface area contributed by atoms with Gasteiger partial charge in [0, 0.05) is 22.4 Å². The second-order valence-corrected chi connectivity index (χ2v) is 8.50. The fourth-order valence-corrected chi connectivity index (χ4v) is 4.59. The number of hydrazone groups is 1. The summed E-state index contributed by atoms with van der Waals surface area (Å²) in [5, 5.41) is 7.22. The average Bonchev–Trinajstić information content (AvgIpc) is 3.33. The van der Waals surface area contributed by atoms with Gasteiger partial charge in [0.2, 0.25) is 0 Å². The van der Waals surface area contributed by atoms with Crippen molar-refractivity contribution in [2.45, 2.75) is 40.0 Å². The van der Waals surface area contributed by atoms with Crippen molar-refractivity contribution in [2.75, 3.05) is 5.32 Å². The van der Waals surface area contributed by atoms with Gasteiger partial charge in [-0.05, 0) is 67.0 Å². The van der Waals surface area contributed by atoms with Crippen LogP contribution in [-0.2, 0) is 0 Å². The van der Waals surface area contributed by atoms with E-state index < -0.39 is 0 Å². The van der Waals surface area contributed by atoms with Crippen molar-refractivity contribution in [1.82, 2.24) is 5.43 Å². The molecule has 2 aliphatic carbocycles. The molecule has 6 heteroatoms. The topological polar surface area (TPSA) is 83.7 Å². The van der Waals surface area contributed by atoms with Crippen LogP contribution in [-0.4, -0.2) is 17.5 Å². The zero-order valence-corrected chi connectivity index (χ0v) is 16.4. The Bertz CT molecular complexity index is 928. The van der Waals surface area contributed by atoms with Crippen molar-refractivity contribution in [3.8, 4) is 0 Å². The minimum absolute atomic E-state index is 0.0605. The van der Waals surface area contributed by atoms with Crippen LogP contribution in [0.2, 0.25) is 0 Å². The molecule has 2 aromatic rings. The number of nitrogens with one attached hydrogen (secondary N) is 2. The molecular formula is C22H25N3O3. The van der Waals surface area contributed by atoms with Gasteiger partial charge >= 0.3 is 0 Å². The summed E-state index contributed by atoms with van der Waals surface area (Å²) in [6.07, 6.45) is 4.77. The van der Waals surface area contributed by atoms with Crippen molar-refractivity contribution < 1.29 is 14.0 Å². The van der Waals surface area contributed by atoms with Crippen LogP contribution in [0.1, 0.15) is 60.9 Å². The summed E-state index contributed by atoms with van der Waals surface area (Å²) >= 11 is 0. The molecule has 0 saturated heterocycles. The first-order valence-corrected chi connectivity index (χ1v) is 9.63. The molecule has 0 aliphatic heterocycles. The fourth-order valence-electron chi connectivity index (χ4n) is 4.59. The number of nitrogens with zero attached hydrogens (tertiary/aromatic N) is 1. The molecule has 1 heterocycles. The monoisotopic (exact) mass is 379 g/mol. The lowest BCUT2D eigenvalue weighted by molar-refractivity contribution is 0.0953.